The Morgan fingerprint density at radius 2 is 1.38 bits per heavy atom. The average Bonchev–Trinajstić information content (AvgIpc) is 3.36. The lowest BCUT2D eigenvalue weighted by Crippen LogP contribution is -2.21. The van der Waals surface area contributed by atoms with Crippen molar-refractivity contribution in [2.75, 3.05) is 6.54 Å². The Bertz CT molecular complexity index is 1340. The number of aromatic nitrogens is 3. The Morgan fingerprint density at radius 3 is 1.93 bits per heavy atom. The van der Waals surface area contributed by atoms with E-state index in [9.17, 15) is 26.3 Å². The number of aromatic amines is 1. The number of pyridine rings is 1. The maximum Gasteiger partial charge on any atom is 0.490 e. The monoisotopic (exact) mass is 572 g/mol. The summed E-state index contributed by atoms with van der Waals surface area (Å²) < 4.78 is 69.4. The number of benzene rings is 2. The van der Waals surface area contributed by atoms with Crippen molar-refractivity contribution in [3.63, 3.8) is 0 Å². The fourth-order valence-corrected chi connectivity index (χ4v) is 2.80. The number of hydrogen-bond acceptors (Lipinski definition) is 6. The van der Waals surface area contributed by atoms with Crippen molar-refractivity contribution < 1.29 is 50.9 Å². The largest absolute Gasteiger partial charge is 0.490 e. The van der Waals surface area contributed by atoms with Crippen LogP contribution in [0.3, 0.4) is 0 Å². The molecule has 0 unspecified atom stereocenters. The molecule has 0 bridgehead atoms. The van der Waals surface area contributed by atoms with Gasteiger partial charge < -0.3 is 25.3 Å². The summed E-state index contributed by atoms with van der Waals surface area (Å²) in [5.41, 5.74) is 4.43. The maximum atomic E-state index is 10.6. The zero-order valence-electron chi connectivity index (χ0n) is 20.3. The van der Waals surface area contributed by atoms with Crippen LogP contribution < -0.4 is 10.1 Å². The first-order valence-electron chi connectivity index (χ1n) is 11.2. The van der Waals surface area contributed by atoms with E-state index >= 15 is 0 Å². The number of carboxylic acids is 2. The van der Waals surface area contributed by atoms with Crippen molar-refractivity contribution in [1.82, 2.24) is 20.3 Å². The Morgan fingerprint density at radius 1 is 0.825 bits per heavy atom. The second kappa shape index (κ2) is 14.5. The Kier molecular flexibility index (Phi) is 11.4. The van der Waals surface area contributed by atoms with Crippen molar-refractivity contribution >= 4 is 23.0 Å². The predicted octanol–water partition coefficient (Wildman–Crippen LogP) is 5.35. The van der Waals surface area contributed by atoms with E-state index < -0.39 is 24.3 Å². The van der Waals surface area contributed by atoms with Crippen LogP contribution in [-0.2, 0) is 22.6 Å². The zero-order chi connectivity index (χ0) is 29.8. The number of alkyl halides is 6. The number of nitrogens with one attached hydrogen (secondary N) is 2. The highest BCUT2D eigenvalue weighted by molar-refractivity contribution is 5.76. The van der Waals surface area contributed by atoms with Crippen molar-refractivity contribution in [3.8, 4) is 11.5 Å². The summed E-state index contributed by atoms with van der Waals surface area (Å²) in [5, 5.41) is 17.7. The lowest BCUT2D eigenvalue weighted by Gasteiger charge is -2.08. The number of imidazole rings is 1. The number of ether oxygens (including phenoxy) is 1. The molecule has 2 aromatic carbocycles. The summed E-state index contributed by atoms with van der Waals surface area (Å²) in [6.07, 6.45) is -3.82. The van der Waals surface area contributed by atoms with Crippen LogP contribution in [0.25, 0.3) is 11.0 Å². The number of hydrogen-bond donors (Lipinski definition) is 4. The van der Waals surface area contributed by atoms with Gasteiger partial charge in [-0.15, -0.1) is 0 Å². The van der Waals surface area contributed by atoms with Crippen LogP contribution in [0.15, 0.2) is 73.3 Å². The van der Waals surface area contributed by atoms with Crippen molar-refractivity contribution in [2.45, 2.75) is 25.3 Å². The van der Waals surface area contributed by atoms with Crippen LogP contribution >= 0.6 is 0 Å². The van der Waals surface area contributed by atoms with Gasteiger partial charge in [-0.1, -0.05) is 12.1 Å². The number of carboxylic acid groups (broad SMARTS) is 2. The third-order valence-corrected chi connectivity index (χ3v) is 4.71. The zero-order valence-corrected chi connectivity index (χ0v) is 20.3. The topological polar surface area (TPSA) is 137 Å². The number of rotatable bonds is 7. The van der Waals surface area contributed by atoms with Gasteiger partial charge in [0.05, 0.1) is 17.4 Å². The number of fused-ring (bicyclic) bond motifs is 1. The number of nitrogens with zero attached hydrogens (tertiary/aromatic N) is 2. The highest BCUT2D eigenvalue weighted by atomic mass is 19.4. The minimum Gasteiger partial charge on any atom is -0.475 e. The molecule has 40 heavy (non-hydrogen) atoms. The molecule has 0 radical (unpaired) electrons. The van der Waals surface area contributed by atoms with Gasteiger partial charge in [0.2, 0.25) is 0 Å². The third kappa shape index (κ3) is 11.4. The number of halogens is 6. The minimum atomic E-state index is -5.08. The molecule has 15 heteroatoms. The normalized spacial score (nSPS) is 11.1. The molecule has 4 rings (SSSR count). The molecular formula is C25H22F6N4O5. The van der Waals surface area contributed by atoms with Crippen LogP contribution in [0.2, 0.25) is 0 Å². The summed E-state index contributed by atoms with van der Waals surface area (Å²) in [6.45, 7) is 1.77. The van der Waals surface area contributed by atoms with Crippen molar-refractivity contribution in [2.24, 2.45) is 0 Å². The fraction of sp³-hybridized carbons (Fsp3) is 0.200. The van der Waals surface area contributed by atoms with E-state index in [1.165, 1.54) is 11.1 Å². The summed E-state index contributed by atoms with van der Waals surface area (Å²) in [7, 11) is 0. The number of carbonyl (C=O) groups is 2. The van der Waals surface area contributed by atoms with Crippen LogP contribution in [0.4, 0.5) is 26.3 Å². The van der Waals surface area contributed by atoms with E-state index in [4.69, 9.17) is 24.5 Å². The third-order valence-electron chi connectivity index (χ3n) is 4.71. The van der Waals surface area contributed by atoms with Crippen molar-refractivity contribution in [3.05, 3.63) is 84.4 Å². The minimum absolute atomic E-state index is 0.785. The Labute approximate surface area is 222 Å². The van der Waals surface area contributed by atoms with Gasteiger partial charge in [0.15, 0.2) is 0 Å². The molecule has 4 N–H and O–H groups in total. The lowest BCUT2D eigenvalue weighted by atomic mass is 10.2. The molecule has 0 saturated carbocycles. The van der Waals surface area contributed by atoms with Gasteiger partial charge in [0, 0.05) is 25.0 Å². The van der Waals surface area contributed by atoms with Gasteiger partial charge in [0.1, 0.15) is 11.5 Å². The molecule has 2 aromatic heterocycles. The van der Waals surface area contributed by atoms with E-state index in [1.54, 1.807) is 6.33 Å². The first-order chi connectivity index (χ1) is 18.8. The van der Waals surface area contributed by atoms with Gasteiger partial charge in [-0.2, -0.15) is 26.3 Å². The van der Waals surface area contributed by atoms with Crippen LogP contribution in [0, 0.1) is 0 Å². The fourth-order valence-electron chi connectivity index (χ4n) is 2.80. The molecule has 9 nitrogen and oxygen atoms in total. The molecule has 4 aromatic rings. The van der Waals surface area contributed by atoms with E-state index in [0.717, 1.165) is 42.0 Å². The molecule has 0 atom stereocenters. The van der Waals surface area contributed by atoms with Crippen LogP contribution in [-0.4, -0.2) is 56.0 Å². The Hall–Kier alpha value is -4.66. The molecule has 0 aliphatic heterocycles. The predicted molar refractivity (Wildman–Crippen MR) is 130 cm³/mol. The van der Waals surface area contributed by atoms with Crippen LogP contribution in [0.5, 0.6) is 11.5 Å². The molecule has 214 valence electrons. The van der Waals surface area contributed by atoms with Crippen molar-refractivity contribution in [1.29, 1.82) is 0 Å². The molecular weight excluding hydrogens is 550 g/mol. The quantitative estimate of drug-likeness (QED) is 0.172. The molecule has 0 aliphatic carbocycles. The molecule has 2 heterocycles. The first-order valence-corrected chi connectivity index (χ1v) is 11.2. The smallest absolute Gasteiger partial charge is 0.475 e. The standard InChI is InChI=1S/C21H20N4O.2C2HF3O2/c1-3-18(26-19-5-6-20-21(13-19)25-15-24-20)4-2-17(1)14-23-12-9-16-7-10-22-11-8-16;2*3-2(4,5)1(6)7/h1-8,10-11,13,15,23H,9,12,14H2,(H,24,25);2*(H,6,7). The second-order valence-electron chi connectivity index (χ2n) is 7.72. The van der Waals surface area contributed by atoms with Crippen LogP contribution in [0.1, 0.15) is 11.1 Å². The summed E-state index contributed by atoms with van der Waals surface area (Å²) >= 11 is 0. The number of H-pyrrole nitrogens is 1. The van der Waals surface area contributed by atoms with E-state index in [2.05, 4.69) is 32.4 Å². The molecule has 0 spiro atoms. The SMILES string of the molecule is O=C(O)C(F)(F)F.O=C(O)C(F)(F)F.c1cc(CCNCc2ccc(Oc3ccc4[nH]cnc4c3)cc2)ccn1. The highest BCUT2D eigenvalue weighted by Crippen LogP contribution is 2.24. The van der Waals surface area contributed by atoms with Gasteiger partial charge in [-0.25, -0.2) is 14.6 Å². The van der Waals surface area contributed by atoms with E-state index in [1.807, 2.05) is 54.9 Å². The molecule has 0 amide bonds. The summed E-state index contributed by atoms with van der Waals surface area (Å²) in [6, 6.07) is 18.1. The van der Waals surface area contributed by atoms with Gasteiger partial charge in [0.25, 0.3) is 0 Å². The van der Waals surface area contributed by atoms with E-state index in [0.29, 0.717) is 0 Å². The molecule has 0 aliphatic rings. The summed E-state index contributed by atoms with van der Waals surface area (Å²) in [5.74, 6) is -3.91. The van der Waals surface area contributed by atoms with Gasteiger partial charge in [-0.3, -0.25) is 4.98 Å². The summed E-state index contributed by atoms with van der Waals surface area (Å²) in [4.78, 5) is 29.2. The Balaban J connectivity index is 0.000000333. The number of aliphatic carboxylic acids is 2. The maximum absolute atomic E-state index is 10.6. The first kappa shape index (κ1) is 31.6. The lowest BCUT2D eigenvalue weighted by molar-refractivity contribution is -0.193. The molecule has 0 saturated heterocycles. The molecule has 0 fully saturated rings. The second-order valence-corrected chi connectivity index (χ2v) is 7.72. The van der Waals surface area contributed by atoms with E-state index in [-0.39, 0.29) is 0 Å². The average molecular weight is 572 g/mol. The van der Waals surface area contributed by atoms with Gasteiger partial charge >= 0.3 is 24.3 Å². The highest BCUT2D eigenvalue weighted by Gasteiger charge is 2.38. The van der Waals surface area contributed by atoms with Gasteiger partial charge in [-0.05, 0) is 60.5 Å².